The lowest BCUT2D eigenvalue weighted by atomic mass is 10.3. The first-order chi connectivity index (χ1) is 11.5. The smallest absolute Gasteiger partial charge is 0.265 e. The van der Waals surface area contributed by atoms with Gasteiger partial charge in [0.15, 0.2) is 0 Å². The summed E-state index contributed by atoms with van der Waals surface area (Å²) in [5, 5.41) is 1.65. The first-order valence-electron chi connectivity index (χ1n) is 7.87. The molecule has 0 aliphatic carbocycles. The van der Waals surface area contributed by atoms with Gasteiger partial charge in [-0.1, -0.05) is 0 Å². The highest BCUT2D eigenvalue weighted by Gasteiger charge is 2.33. The van der Waals surface area contributed by atoms with Gasteiger partial charge in [-0.15, -0.1) is 11.3 Å². The van der Waals surface area contributed by atoms with Gasteiger partial charge in [0.05, 0.1) is 13.2 Å². The molecule has 1 aromatic rings. The Morgan fingerprint density at radius 1 is 1.21 bits per heavy atom. The van der Waals surface area contributed by atoms with Crippen LogP contribution in [0.2, 0.25) is 0 Å². The number of thiophene rings is 1. The van der Waals surface area contributed by atoms with Crippen LogP contribution < -0.4 is 0 Å². The minimum absolute atomic E-state index is 0.110. The third-order valence-electron chi connectivity index (χ3n) is 3.92. The molecular weight excluding hydrogens is 352 g/mol. The molecule has 0 unspecified atom stereocenters. The van der Waals surface area contributed by atoms with Crippen molar-refractivity contribution in [1.82, 2.24) is 9.21 Å². The van der Waals surface area contributed by atoms with Crippen molar-refractivity contribution in [3.8, 4) is 0 Å². The van der Waals surface area contributed by atoms with E-state index in [9.17, 15) is 13.2 Å². The van der Waals surface area contributed by atoms with Gasteiger partial charge in [-0.3, -0.25) is 4.79 Å². The van der Waals surface area contributed by atoms with Crippen molar-refractivity contribution in [3.63, 3.8) is 0 Å². The molecule has 9 heteroatoms. The van der Waals surface area contributed by atoms with E-state index in [2.05, 4.69) is 0 Å². The van der Waals surface area contributed by atoms with Crippen LogP contribution in [0.4, 0.5) is 0 Å². The summed E-state index contributed by atoms with van der Waals surface area (Å²) in [6.07, 6.45) is 1.72. The first-order valence-corrected chi connectivity index (χ1v) is 10.2. The molecular formula is C15H24N2O5S2. The number of nitrogens with zero attached hydrogens (tertiary/aromatic N) is 2. The van der Waals surface area contributed by atoms with E-state index in [0.717, 1.165) is 24.2 Å². The predicted molar refractivity (Wildman–Crippen MR) is 92.0 cm³/mol. The van der Waals surface area contributed by atoms with Gasteiger partial charge in [-0.05, 0) is 24.3 Å². The van der Waals surface area contributed by atoms with Crippen molar-refractivity contribution < 1.29 is 22.7 Å². The zero-order chi connectivity index (χ0) is 17.6. The van der Waals surface area contributed by atoms with Gasteiger partial charge in [-0.25, -0.2) is 8.42 Å². The molecule has 1 saturated heterocycles. The van der Waals surface area contributed by atoms with Gasteiger partial charge in [-0.2, -0.15) is 4.31 Å². The fraction of sp³-hybridized carbons (Fsp3) is 0.667. The highest BCUT2D eigenvalue weighted by molar-refractivity contribution is 7.89. The molecule has 1 aliphatic heterocycles. The van der Waals surface area contributed by atoms with Crippen molar-refractivity contribution in [2.45, 2.75) is 17.7 Å². The van der Waals surface area contributed by atoms with Crippen molar-refractivity contribution in [2.24, 2.45) is 0 Å². The van der Waals surface area contributed by atoms with Crippen LogP contribution in [0, 0.1) is 0 Å². The van der Waals surface area contributed by atoms with Gasteiger partial charge in [0.1, 0.15) is 9.77 Å². The summed E-state index contributed by atoms with van der Waals surface area (Å²) in [6.45, 7) is 2.58. The third kappa shape index (κ3) is 4.34. The average molecular weight is 377 g/mol. The second-order valence-corrected chi connectivity index (χ2v) is 8.33. The molecule has 0 N–H and O–H groups in total. The Morgan fingerprint density at radius 3 is 2.33 bits per heavy atom. The maximum absolute atomic E-state index is 12.8. The summed E-state index contributed by atoms with van der Waals surface area (Å²) in [5.74, 6) is -0.295. The molecule has 1 fully saturated rings. The lowest BCUT2D eigenvalue weighted by molar-refractivity contribution is 0.0628. The molecule has 136 valence electrons. The Hall–Kier alpha value is -1.00. The Kier molecular flexibility index (Phi) is 7.17. The van der Waals surface area contributed by atoms with Crippen LogP contribution >= 0.6 is 11.3 Å². The summed E-state index contributed by atoms with van der Waals surface area (Å²) < 4.78 is 37.1. The quantitative estimate of drug-likeness (QED) is 0.649. The normalized spacial score (nSPS) is 15.8. The lowest BCUT2D eigenvalue weighted by Crippen LogP contribution is -2.37. The summed E-state index contributed by atoms with van der Waals surface area (Å²) >= 11 is 1.16. The number of sulfonamides is 1. The van der Waals surface area contributed by atoms with Crippen LogP contribution in [0.15, 0.2) is 16.3 Å². The topological polar surface area (TPSA) is 76.1 Å². The summed E-state index contributed by atoms with van der Waals surface area (Å²) in [4.78, 5) is 14.8. The summed E-state index contributed by atoms with van der Waals surface area (Å²) in [5.41, 5.74) is 0. The standard InChI is InChI=1S/C15H24N2O5S2/c1-21-10-8-16(9-11-22-2)15(18)14-13(5-12-23-14)24(19,20)17-6-3-4-7-17/h5,12H,3-4,6-11H2,1-2H3. The number of carbonyl (C=O) groups is 1. The van der Waals surface area contributed by atoms with E-state index in [1.807, 2.05) is 0 Å². The van der Waals surface area contributed by atoms with E-state index in [4.69, 9.17) is 9.47 Å². The molecule has 7 nitrogen and oxygen atoms in total. The number of hydrogen-bond donors (Lipinski definition) is 0. The van der Waals surface area contributed by atoms with E-state index in [1.54, 1.807) is 24.5 Å². The number of rotatable bonds is 9. The van der Waals surface area contributed by atoms with Gasteiger partial charge in [0.25, 0.3) is 5.91 Å². The van der Waals surface area contributed by atoms with Crippen LogP contribution in [0.3, 0.4) is 0 Å². The predicted octanol–water partition coefficient (Wildman–Crippen LogP) is 1.27. The monoisotopic (exact) mass is 376 g/mol. The van der Waals surface area contributed by atoms with Gasteiger partial charge >= 0.3 is 0 Å². The van der Waals surface area contributed by atoms with Gasteiger partial charge in [0.2, 0.25) is 10.0 Å². The molecule has 1 aliphatic rings. The van der Waals surface area contributed by atoms with Crippen LogP contribution in [-0.4, -0.2) is 77.1 Å². The van der Waals surface area contributed by atoms with Crippen molar-refractivity contribution in [1.29, 1.82) is 0 Å². The first kappa shape index (κ1) is 19.3. The van der Waals surface area contributed by atoms with Crippen LogP contribution in [0.25, 0.3) is 0 Å². The van der Waals surface area contributed by atoms with Gasteiger partial charge < -0.3 is 14.4 Å². The minimum Gasteiger partial charge on any atom is -0.383 e. The third-order valence-corrected chi connectivity index (χ3v) is 6.90. The number of methoxy groups -OCH3 is 2. The molecule has 0 aromatic carbocycles. The highest BCUT2D eigenvalue weighted by atomic mass is 32.2. The average Bonchev–Trinajstić information content (AvgIpc) is 3.26. The van der Waals surface area contributed by atoms with Crippen LogP contribution in [0.1, 0.15) is 22.5 Å². The number of carbonyl (C=O) groups excluding carboxylic acids is 1. The lowest BCUT2D eigenvalue weighted by Gasteiger charge is -2.22. The van der Waals surface area contributed by atoms with Crippen molar-refractivity contribution in [3.05, 3.63) is 16.3 Å². The Balaban J connectivity index is 2.24. The Labute approximate surface area is 147 Å². The number of ether oxygens (including phenoxy) is 2. The maximum atomic E-state index is 12.8. The second kappa shape index (κ2) is 8.91. The molecule has 0 spiro atoms. The molecule has 0 atom stereocenters. The SMILES string of the molecule is COCCN(CCOC)C(=O)c1sccc1S(=O)(=O)N1CCCC1. The molecule has 1 amide bonds. The van der Waals surface area contributed by atoms with E-state index in [0.29, 0.717) is 39.4 Å². The Bertz CT molecular complexity index is 630. The second-order valence-electron chi connectivity index (χ2n) is 5.50. The van der Waals surface area contributed by atoms with E-state index >= 15 is 0 Å². The molecule has 0 radical (unpaired) electrons. The van der Waals surface area contributed by atoms with E-state index in [-0.39, 0.29) is 15.7 Å². The highest BCUT2D eigenvalue weighted by Crippen LogP contribution is 2.28. The molecule has 2 heterocycles. The molecule has 2 rings (SSSR count). The zero-order valence-corrected chi connectivity index (χ0v) is 15.7. The fourth-order valence-electron chi connectivity index (χ4n) is 2.59. The van der Waals surface area contributed by atoms with E-state index < -0.39 is 10.0 Å². The van der Waals surface area contributed by atoms with E-state index in [1.165, 1.54) is 10.4 Å². The largest absolute Gasteiger partial charge is 0.383 e. The zero-order valence-electron chi connectivity index (χ0n) is 14.1. The summed E-state index contributed by atoms with van der Waals surface area (Å²) in [6, 6.07) is 1.52. The number of amides is 1. The van der Waals surface area contributed by atoms with Crippen molar-refractivity contribution in [2.75, 3.05) is 53.6 Å². The summed E-state index contributed by atoms with van der Waals surface area (Å²) in [7, 11) is -0.486. The molecule has 0 saturated carbocycles. The molecule has 1 aromatic heterocycles. The number of hydrogen-bond acceptors (Lipinski definition) is 6. The van der Waals surface area contributed by atoms with Crippen LogP contribution in [-0.2, 0) is 19.5 Å². The van der Waals surface area contributed by atoms with Crippen molar-refractivity contribution >= 4 is 27.3 Å². The maximum Gasteiger partial charge on any atom is 0.265 e. The molecule has 24 heavy (non-hydrogen) atoms. The van der Waals surface area contributed by atoms with Crippen LogP contribution in [0.5, 0.6) is 0 Å². The minimum atomic E-state index is -3.61. The Morgan fingerprint density at radius 2 is 1.79 bits per heavy atom. The van der Waals surface area contributed by atoms with Gasteiger partial charge in [0, 0.05) is 40.4 Å². The fourth-order valence-corrected chi connectivity index (χ4v) is 5.46. The molecule has 0 bridgehead atoms.